The number of para-hydroxylation sites is 1. The van der Waals surface area contributed by atoms with Gasteiger partial charge in [-0.25, -0.2) is 0 Å². The molecule has 0 radical (unpaired) electrons. The Kier molecular flexibility index (Phi) is 7.18. The largest absolute Gasteiger partial charge is 0.481 e. The van der Waals surface area contributed by atoms with Crippen LogP contribution in [0.25, 0.3) is 0 Å². The van der Waals surface area contributed by atoms with Gasteiger partial charge < -0.3 is 5.11 Å². The molecule has 0 bridgehead atoms. The van der Waals surface area contributed by atoms with Gasteiger partial charge in [0, 0.05) is 5.71 Å². The highest BCUT2D eigenvalue weighted by atomic mass is 32.2. The van der Waals surface area contributed by atoms with Crippen LogP contribution in [0.4, 0.5) is 5.69 Å². The zero-order valence-electron chi connectivity index (χ0n) is 14.5. The molecule has 0 unspecified atom stereocenters. The van der Waals surface area contributed by atoms with Gasteiger partial charge in [0.25, 0.3) is 0 Å². The Hall–Kier alpha value is -2.15. The minimum atomic E-state index is -0.999. The molecular formula is C18H23N3O3S. The lowest BCUT2D eigenvalue weighted by molar-refractivity contribution is -0.138. The number of anilines is 1. The SMILES string of the molecule is CCCC(CCC)=NN=C1S[C@H](CC(=O)O)C(=O)N1c1ccccc1. The maximum absolute atomic E-state index is 12.7. The number of aliphatic carboxylic acids is 1. The van der Waals surface area contributed by atoms with Crippen molar-refractivity contribution < 1.29 is 14.7 Å². The fourth-order valence-electron chi connectivity index (χ4n) is 2.55. The molecule has 1 fully saturated rings. The van der Waals surface area contributed by atoms with Crippen molar-refractivity contribution in [3.8, 4) is 0 Å². The van der Waals surface area contributed by atoms with Crippen molar-refractivity contribution in [2.45, 2.75) is 51.2 Å². The molecule has 1 aromatic carbocycles. The Morgan fingerprint density at radius 1 is 1.20 bits per heavy atom. The van der Waals surface area contributed by atoms with Gasteiger partial charge in [0.15, 0.2) is 5.17 Å². The number of amides is 1. The van der Waals surface area contributed by atoms with Gasteiger partial charge >= 0.3 is 5.97 Å². The standard InChI is InChI=1S/C18H23N3O3S/c1-3-8-13(9-4-2)19-20-18-21(14-10-6-5-7-11-14)17(24)15(25-18)12-16(22)23/h5-7,10-11,15H,3-4,8-9,12H2,1-2H3,(H,22,23)/t15-/m1/s1. The lowest BCUT2D eigenvalue weighted by atomic mass is 10.1. The molecule has 6 nitrogen and oxygen atoms in total. The van der Waals surface area contributed by atoms with Crippen molar-refractivity contribution in [3.63, 3.8) is 0 Å². The molecule has 7 heteroatoms. The van der Waals surface area contributed by atoms with Crippen molar-refractivity contribution in [1.29, 1.82) is 0 Å². The third kappa shape index (κ3) is 5.16. The van der Waals surface area contributed by atoms with E-state index in [9.17, 15) is 9.59 Å². The minimum absolute atomic E-state index is 0.230. The van der Waals surface area contributed by atoms with Crippen LogP contribution >= 0.6 is 11.8 Å². The summed E-state index contributed by atoms with van der Waals surface area (Å²) in [6.07, 6.45) is 3.48. The van der Waals surface area contributed by atoms with E-state index >= 15 is 0 Å². The minimum Gasteiger partial charge on any atom is -0.481 e. The summed E-state index contributed by atoms with van der Waals surface area (Å²) < 4.78 is 0. The summed E-state index contributed by atoms with van der Waals surface area (Å²) in [5.41, 5.74) is 1.68. The maximum atomic E-state index is 12.7. The Balaban J connectivity index is 2.34. The molecule has 1 saturated heterocycles. The molecule has 0 saturated carbocycles. The normalized spacial score (nSPS) is 18.6. The fourth-order valence-corrected chi connectivity index (χ4v) is 3.63. The second-order valence-corrected chi connectivity index (χ2v) is 6.93. The third-order valence-electron chi connectivity index (χ3n) is 3.66. The van der Waals surface area contributed by atoms with Crippen LogP contribution in [-0.4, -0.2) is 33.1 Å². The van der Waals surface area contributed by atoms with Crippen LogP contribution in [-0.2, 0) is 9.59 Å². The van der Waals surface area contributed by atoms with E-state index in [2.05, 4.69) is 24.1 Å². The van der Waals surface area contributed by atoms with E-state index in [1.54, 1.807) is 12.1 Å². The molecule has 2 rings (SSSR count). The average molecular weight is 361 g/mol. The molecule has 25 heavy (non-hydrogen) atoms. The van der Waals surface area contributed by atoms with Crippen LogP contribution < -0.4 is 4.90 Å². The number of amidine groups is 1. The molecule has 0 spiro atoms. The molecule has 1 aliphatic rings. The first-order valence-corrected chi connectivity index (χ1v) is 9.35. The molecule has 1 aliphatic heterocycles. The average Bonchev–Trinajstić information content (AvgIpc) is 2.89. The monoisotopic (exact) mass is 361 g/mol. The number of nitrogens with zero attached hydrogens (tertiary/aromatic N) is 3. The highest BCUT2D eigenvalue weighted by molar-refractivity contribution is 8.16. The first-order chi connectivity index (χ1) is 12.1. The number of carboxylic acids is 1. The first-order valence-electron chi connectivity index (χ1n) is 8.47. The molecule has 1 aromatic rings. The highest BCUT2D eigenvalue weighted by Crippen LogP contribution is 2.33. The van der Waals surface area contributed by atoms with Gasteiger partial charge in [0.2, 0.25) is 5.91 Å². The number of thioether (sulfide) groups is 1. The first kappa shape index (κ1) is 19.2. The molecule has 0 aromatic heterocycles. The van der Waals surface area contributed by atoms with E-state index in [-0.39, 0.29) is 12.3 Å². The summed E-state index contributed by atoms with van der Waals surface area (Å²) in [6, 6.07) is 9.14. The number of benzene rings is 1. The fraction of sp³-hybridized carbons (Fsp3) is 0.444. The Morgan fingerprint density at radius 3 is 2.40 bits per heavy atom. The van der Waals surface area contributed by atoms with Gasteiger partial charge in [-0.2, -0.15) is 5.10 Å². The summed E-state index contributed by atoms with van der Waals surface area (Å²) in [5, 5.41) is 17.5. The van der Waals surface area contributed by atoms with E-state index in [0.29, 0.717) is 10.9 Å². The Bertz CT molecular complexity index is 665. The lowest BCUT2D eigenvalue weighted by Crippen LogP contribution is -2.32. The second-order valence-electron chi connectivity index (χ2n) is 5.76. The summed E-state index contributed by atoms with van der Waals surface area (Å²) in [6.45, 7) is 4.18. The van der Waals surface area contributed by atoms with Gasteiger partial charge in [-0.15, -0.1) is 5.10 Å². The maximum Gasteiger partial charge on any atom is 0.305 e. The van der Waals surface area contributed by atoms with E-state index in [4.69, 9.17) is 5.11 Å². The van der Waals surface area contributed by atoms with Crippen LogP contribution in [0.3, 0.4) is 0 Å². The zero-order chi connectivity index (χ0) is 18.2. The summed E-state index contributed by atoms with van der Waals surface area (Å²) in [7, 11) is 0. The topological polar surface area (TPSA) is 82.3 Å². The zero-order valence-corrected chi connectivity index (χ0v) is 15.3. The lowest BCUT2D eigenvalue weighted by Gasteiger charge is -2.15. The third-order valence-corrected chi connectivity index (χ3v) is 4.79. The smallest absolute Gasteiger partial charge is 0.305 e. The number of carbonyl (C=O) groups excluding carboxylic acids is 1. The van der Waals surface area contributed by atoms with Crippen LogP contribution in [0.2, 0.25) is 0 Å². The van der Waals surface area contributed by atoms with Crippen molar-refractivity contribution in [2.24, 2.45) is 10.2 Å². The van der Waals surface area contributed by atoms with Gasteiger partial charge in [-0.1, -0.05) is 56.7 Å². The number of hydrogen-bond donors (Lipinski definition) is 1. The molecule has 1 N–H and O–H groups in total. The van der Waals surface area contributed by atoms with Crippen molar-refractivity contribution >= 4 is 40.2 Å². The van der Waals surface area contributed by atoms with E-state index in [0.717, 1.165) is 31.4 Å². The number of rotatable bonds is 8. The van der Waals surface area contributed by atoms with Gasteiger partial charge in [0.05, 0.1) is 12.1 Å². The summed E-state index contributed by atoms with van der Waals surface area (Å²) >= 11 is 1.17. The van der Waals surface area contributed by atoms with Crippen molar-refractivity contribution in [2.75, 3.05) is 4.90 Å². The summed E-state index contributed by atoms with van der Waals surface area (Å²) in [5.74, 6) is -1.26. The quantitative estimate of drug-likeness (QED) is 0.562. The van der Waals surface area contributed by atoms with E-state index in [1.165, 1.54) is 16.7 Å². The number of carboxylic acid groups (broad SMARTS) is 1. The molecule has 0 aliphatic carbocycles. The molecule has 1 atom stereocenters. The number of hydrogen-bond acceptors (Lipinski definition) is 5. The van der Waals surface area contributed by atoms with E-state index in [1.807, 2.05) is 18.2 Å². The van der Waals surface area contributed by atoms with Crippen LogP contribution in [0.15, 0.2) is 40.5 Å². The molecule has 134 valence electrons. The molecule has 1 heterocycles. The van der Waals surface area contributed by atoms with E-state index < -0.39 is 11.2 Å². The molecule has 1 amide bonds. The highest BCUT2D eigenvalue weighted by Gasteiger charge is 2.40. The van der Waals surface area contributed by atoms with Crippen molar-refractivity contribution in [3.05, 3.63) is 30.3 Å². The molecular weight excluding hydrogens is 338 g/mol. The summed E-state index contributed by atoms with van der Waals surface area (Å²) in [4.78, 5) is 25.2. The van der Waals surface area contributed by atoms with Gasteiger partial charge in [-0.3, -0.25) is 14.5 Å². The van der Waals surface area contributed by atoms with Crippen LogP contribution in [0.5, 0.6) is 0 Å². The Labute approximate surface area is 152 Å². The predicted molar refractivity (Wildman–Crippen MR) is 102 cm³/mol. The van der Waals surface area contributed by atoms with Crippen LogP contribution in [0, 0.1) is 0 Å². The Morgan fingerprint density at radius 2 is 1.84 bits per heavy atom. The van der Waals surface area contributed by atoms with Gasteiger partial charge in [-0.05, 0) is 25.0 Å². The van der Waals surface area contributed by atoms with Gasteiger partial charge in [0.1, 0.15) is 5.25 Å². The van der Waals surface area contributed by atoms with Crippen LogP contribution in [0.1, 0.15) is 46.0 Å². The number of carbonyl (C=O) groups is 2. The predicted octanol–water partition coefficient (Wildman–Crippen LogP) is 3.92. The van der Waals surface area contributed by atoms with Crippen molar-refractivity contribution in [1.82, 2.24) is 0 Å². The second kappa shape index (κ2) is 9.36.